The zero-order chi connectivity index (χ0) is 13.1. The van der Waals surface area contributed by atoms with Gasteiger partial charge in [-0.15, -0.1) is 0 Å². The normalized spacial score (nSPS) is 10.1. The molecule has 3 nitrogen and oxygen atoms in total. The van der Waals surface area contributed by atoms with E-state index < -0.39 is 0 Å². The summed E-state index contributed by atoms with van der Waals surface area (Å²) in [7, 11) is 0. The third-order valence-electron chi connectivity index (χ3n) is 2.22. The molecule has 0 bridgehead atoms. The Morgan fingerprint density at radius 3 is 2.72 bits per heavy atom. The molecule has 0 spiro atoms. The van der Waals surface area contributed by atoms with E-state index in [1.807, 2.05) is 24.3 Å². The van der Waals surface area contributed by atoms with Gasteiger partial charge in [-0.3, -0.25) is 4.98 Å². The Balaban J connectivity index is 2.23. The third-order valence-corrected chi connectivity index (χ3v) is 3.26. The summed E-state index contributed by atoms with van der Waals surface area (Å²) in [6.45, 7) is 0. The largest absolute Gasteiger partial charge is 0.388 e. The second-order valence-corrected chi connectivity index (χ2v) is 5.31. The molecule has 6 heteroatoms. The van der Waals surface area contributed by atoms with Gasteiger partial charge in [0.05, 0.1) is 28.3 Å². The average Bonchev–Trinajstić information content (AvgIpc) is 2.34. The van der Waals surface area contributed by atoms with E-state index >= 15 is 0 Å². The van der Waals surface area contributed by atoms with E-state index in [1.54, 1.807) is 12.3 Å². The third kappa shape index (κ3) is 3.19. The maximum Gasteiger partial charge on any atom is 0.122 e. The maximum absolute atomic E-state index is 6.08. The Labute approximate surface area is 123 Å². The van der Waals surface area contributed by atoms with Crippen molar-refractivity contribution >= 4 is 56.1 Å². The molecule has 0 saturated heterocycles. The Kier molecular flexibility index (Phi) is 4.16. The van der Waals surface area contributed by atoms with E-state index in [-0.39, 0.29) is 4.99 Å². The van der Waals surface area contributed by atoms with Gasteiger partial charge in [0.1, 0.15) is 4.99 Å². The van der Waals surface area contributed by atoms with Crippen molar-refractivity contribution in [2.45, 2.75) is 0 Å². The molecule has 0 radical (unpaired) electrons. The summed E-state index contributed by atoms with van der Waals surface area (Å²) < 4.78 is 0.946. The number of hydrogen-bond donors (Lipinski definition) is 2. The van der Waals surface area contributed by atoms with Gasteiger partial charge >= 0.3 is 0 Å². The summed E-state index contributed by atoms with van der Waals surface area (Å²) in [5, 5.41) is 3.81. The number of anilines is 2. The highest BCUT2D eigenvalue weighted by Gasteiger charge is 2.03. The number of pyridine rings is 1. The monoisotopic (exact) mass is 341 g/mol. The lowest BCUT2D eigenvalue weighted by atomic mass is 10.3. The fourth-order valence-electron chi connectivity index (χ4n) is 1.36. The van der Waals surface area contributed by atoms with Crippen LogP contribution in [0.25, 0.3) is 0 Å². The van der Waals surface area contributed by atoms with E-state index in [2.05, 4.69) is 26.2 Å². The van der Waals surface area contributed by atoms with Crippen LogP contribution in [-0.4, -0.2) is 9.97 Å². The predicted molar refractivity (Wildman–Crippen MR) is 82.6 cm³/mol. The Hall–Kier alpha value is -1.17. The minimum atomic E-state index is 0.280. The number of nitrogens with one attached hydrogen (secondary N) is 1. The van der Waals surface area contributed by atoms with Crippen molar-refractivity contribution in [1.82, 2.24) is 4.98 Å². The number of benzene rings is 1. The SMILES string of the molecule is NC(=S)c1ccc(Nc2cc(Br)ccc2Cl)cn1. The Bertz CT molecular complexity index is 586. The molecule has 0 saturated carbocycles. The molecule has 0 aliphatic heterocycles. The number of aromatic nitrogens is 1. The molecule has 2 aromatic rings. The van der Waals surface area contributed by atoms with Crippen molar-refractivity contribution in [3.8, 4) is 0 Å². The highest BCUT2D eigenvalue weighted by molar-refractivity contribution is 9.10. The number of thiocarbonyl (C=S) groups is 1. The molecule has 0 atom stereocenters. The summed E-state index contributed by atoms with van der Waals surface area (Å²) in [6, 6.07) is 9.19. The van der Waals surface area contributed by atoms with E-state index in [9.17, 15) is 0 Å². The van der Waals surface area contributed by atoms with Gasteiger partial charge in [-0.25, -0.2) is 0 Å². The first-order valence-corrected chi connectivity index (χ1v) is 6.62. The zero-order valence-corrected chi connectivity index (χ0v) is 12.3. The number of rotatable bonds is 3. The fraction of sp³-hybridized carbons (Fsp3) is 0. The quantitative estimate of drug-likeness (QED) is 0.831. The number of nitrogens with zero attached hydrogens (tertiary/aromatic N) is 1. The van der Waals surface area contributed by atoms with Crippen LogP contribution in [0.5, 0.6) is 0 Å². The van der Waals surface area contributed by atoms with Crippen molar-refractivity contribution in [2.75, 3.05) is 5.32 Å². The van der Waals surface area contributed by atoms with E-state index in [1.165, 1.54) is 0 Å². The molecular formula is C12H9BrClN3S. The lowest BCUT2D eigenvalue weighted by Crippen LogP contribution is -2.11. The minimum Gasteiger partial charge on any atom is -0.388 e. The van der Waals surface area contributed by atoms with Crippen LogP contribution >= 0.6 is 39.7 Å². The predicted octanol–water partition coefficient (Wildman–Crippen LogP) is 3.88. The molecule has 2 rings (SSSR count). The molecule has 18 heavy (non-hydrogen) atoms. The lowest BCUT2D eigenvalue weighted by molar-refractivity contribution is 1.29. The summed E-state index contributed by atoms with van der Waals surface area (Å²) >= 11 is 14.3. The highest BCUT2D eigenvalue weighted by Crippen LogP contribution is 2.28. The van der Waals surface area contributed by atoms with Crippen LogP contribution in [0, 0.1) is 0 Å². The van der Waals surface area contributed by atoms with Crippen molar-refractivity contribution in [2.24, 2.45) is 5.73 Å². The zero-order valence-electron chi connectivity index (χ0n) is 9.15. The van der Waals surface area contributed by atoms with Gasteiger partial charge in [0.15, 0.2) is 0 Å². The number of halogens is 2. The van der Waals surface area contributed by atoms with Crippen LogP contribution in [0.2, 0.25) is 5.02 Å². The molecule has 0 aliphatic carbocycles. The first-order valence-electron chi connectivity index (χ1n) is 5.04. The number of hydrogen-bond acceptors (Lipinski definition) is 3. The second-order valence-electron chi connectivity index (χ2n) is 3.55. The summed E-state index contributed by atoms with van der Waals surface area (Å²) in [6.07, 6.45) is 1.66. The van der Waals surface area contributed by atoms with Crippen LogP contribution in [0.4, 0.5) is 11.4 Å². The molecule has 1 aromatic heterocycles. The molecule has 92 valence electrons. The standard InChI is InChI=1S/C12H9BrClN3S/c13-7-1-3-9(14)11(5-7)17-8-2-4-10(12(15)18)16-6-8/h1-6,17H,(H2,15,18). The van der Waals surface area contributed by atoms with Gasteiger partial charge in [-0.1, -0.05) is 39.7 Å². The molecule has 0 unspecified atom stereocenters. The Morgan fingerprint density at radius 1 is 1.33 bits per heavy atom. The van der Waals surface area contributed by atoms with Gasteiger partial charge in [-0.05, 0) is 30.3 Å². The smallest absolute Gasteiger partial charge is 0.122 e. The first-order chi connectivity index (χ1) is 8.56. The molecular weight excluding hydrogens is 334 g/mol. The number of nitrogens with two attached hydrogens (primary N) is 1. The van der Waals surface area contributed by atoms with Crippen LogP contribution < -0.4 is 11.1 Å². The van der Waals surface area contributed by atoms with Gasteiger partial charge < -0.3 is 11.1 Å². The molecule has 1 heterocycles. The van der Waals surface area contributed by atoms with E-state index in [0.717, 1.165) is 15.8 Å². The fourth-order valence-corrected chi connectivity index (χ4v) is 2.01. The van der Waals surface area contributed by atoms with Crippen LogP contribution in [0.1, 0.15) is 5.69 Å². The molecule has 1 aromatic carbocycles. The van der Waals surface area contributed by atoms with E-state index in [4.69, 9.17) is 29.6 Å². The van der Waals surface area contributed by atoms with Crippen molar-refractivity contribution < 1.29 is 0 Å². The molecule has 3 N–H and O–H groups in total. The van der Waals surface area contributed by atoms with Gasteiger partial charge in [0.25, 0.3) is 0 Å². The van der Waals surface area contributed by atoms with Crippen molar-refractivity contribution in [3.05, 3.63) is 51.7 Å². The van der Waals surface area contributed by atoms with E-state index in [0.29, 0.717) is 10.7 Å². The van der Waals surface area contributed by atoms with Crippen molar-refractivity contribution in [1.29, 1.82) is 0 Å². The Morgan fingerprint density at radius 2 is 2.11 bits per heavy atom. The topological polar surface area (TPSA) is 50.9 Å². The first kappa shape index (κ1) is 13.3. The van der Waals surface area contributed by atoms with Crippen molar-refractivity contribution in [3.63, 3.8) is 0 Å². The summed E-state index contributed by atoms with van der Waals surface area (Å²) in [5.41, 5.74) is 7.69. The average molecular weight is 343 g/mol. The maximum atomic E-state index is 6.08. The molecule has 0 fully saturated rings. The van der Waals surface area contributed by atoms with Crippen LogP contribution in [-0.2, 0) is 0 Å². The minimum absolute atomic E-state index is 0.280. The van der Waals surface area contributed by atoms with Gasteiger partial charge in [-0.2, -0.15) is 0 Å². The lowest BCUT2D eigenvalue weighted by Gasteiger charge is -2.09. The van der Waals surface area contributed by atoms with Crippen LogP contribution in [0.15, 0.2) is 41.0 Å². The van der Waals surface area contributed by atoms with Crippen LogP contribution in [0.3, 0.4) is 0 Å². The summed E-state index contributed by atoms with van der Waals surface area (Å²) in [5.74, 6) is 0. The van der Waals surface area contributed by atoms with Gasteiger partial charge in [0.2, 0.25) is 0 Å². The second kappa shape index (κ2) is 5.65. The highest BCUT2D eigenvalue weighted by atomic mass is 79.9. The van der Waals surface area contributed by atoms with Gasteiger partial charge in [0, 0.05) is 4.47 Å². The summed E-state index contributed by atoms with van der Waals surface area (Å²) in [4.78, 5) is 4.42. The molecule has 0 amide bonds. The molecule has 0 aliphatic rings.